The van der Waals surface area contributed by atoms with Crippen LogP contribution in [-0.2, 0) is 6.42 Å². The van der Waals surface area contributed by atoms with E-state index in [0.29, 0.717) is 0 Å². The minimum absolute atomic E-state index is 0.836. The molecule has 2 rings (SSSR count). The minimum Gasteiger partial charge on any atom is -0.316 e. The first-order chi connectivity index (χ1) is 8.75. The van der Waals surface area contributed by atoms with Crippen LogP contribution in [0.5, 0.6) is 0 Å². The summed E-state index contributed by atoms with van der Waals surface area (Å²) < 4.78 is 1.23. The van der Waals surface area contributed by atoms with E-state index >= 15 is 0 Å². The summed E-state index contributed by atoms with van der Waals surface area (Å²) in [6.07, 6.45) is 3.84. The number of likely N-dealkylation sites (N-methyl/N-ethyl adjacent to an activating group) is 1. The molecule has 2 nitrogen and oxygen atoms in total. The van der Waals surface area contributed by atoms with Crippen LogP contribution < -0.4 is 5.32 Å². The maximum Gasteiger partial charge on any atom is 0.0207 e. The number of rotatable bonds is 5. The Morgan fingerprint density at radius 1 is 1.39 bits per heavy atom. The van der Waals surface area contributed by atoms with Crippen molar-refractivity contribution in [2.75, 3.05) is 33.2 Å². The van der Waals surface area contributed by atoms with Gasteiger partial charge in [0.25, 0.3) is 0 Å². The van der Waals surface area contributed by atoms with Crippen LogP contribution in [0.2, 0.25) is 0 Å². The summed E-state index contributed by atoms with van der Waals surface area (Å²) in [4.78, 5) is 2.47. The molecule has 0 saturated carbocycles. The zero-order valence-corrected chi connectivity index (χ0v) is 12.7. The molecule has 0 amide bonds. The van der Waals surface area contributed by atoms with E-state index in [4.69, 9.17) is 0 Å². The van der Waals surface area contributed by atoms with E-state index in [1.807, 2.05) is 0 Å². The van der Waals surface area contributed by atoms with Gasteiger partial charge in [-0.15, -0.1) is 0 Å². The SMILES string of the molecule is CN(CCc1ccccc1Br)CC1CCCNC1. The van der Waals surface area contributed by atoms with Crippen molar-refractivity contribution in [2.45, 2.75) is 19.3 Å². The summed E-state index contributed by atoms with van der Waals surface area (Å²) >= 11 is 3.62. The van der Waals surface area contributed by atoms with Crippen molar-refractivity contribution in [3.8, 4) is 0 Å². The second-order valence-corrected chi connectivity index (χ2v) is 6.17. The van der Waals surface area contributed by atoms with Gasteiger partial charge in [-0.25, -0.2) is 0 Å². The summed E-state index contributed by atoms with van der Waals surface area (Å²) in [5.41, 5.74) is 1.41. The Kier molecular flexibility index (Phi) is 5.67. The minimum atomic E-state index is 0.836. The van der Waals surface area contributed by atoms with Crippen molar-refractivity contribution in [1.82, 2.24) is 10.2 Å². The van der Waals surface area contributed by atoms with E-state index in [1.165, 1.54) is 42.5 Å². The Hall–Kier alpha value is -0.380. The van der Waals surface area contributed by atoms with Gasteiger partial charge in [0.2, 0.25) is 0 Å². The Balaban J connectivity index is 1.74. The first kappa shape index (κ1) is 14.0. The standard InChI is InChI=1S/C15H23BrN2/c1-18(12-13-5-4-9-17-11-13)10-8-14-6-2-3-7-15(14)16/h2-3,6-7,13,17H,4-5,8-12H2,1H3. The van der Waals surface area contributed by atoms with E-state index in [-0.39, 0.29) is 0 Å². The van der Waals surface area contributed by atoms with Crippen molar-refractivity contribution in [1.29, 1.82) is 0 Å². The molecule has 1 fully saturated rings. The molecule has 18 heavy (non-hydrogen) atoms. The third kappa shape index (κ3) is 4.38. The molecule has 1 saturated heterocycles. The molecule has 1 heterocycles. The average Bonchev–Trinajstić information content (AvgIpc) is 2.39. The van der Waals surface area contributed by atoms with Gasteiger partial charge in [0.15, 0.2) is 0 Å². The molecule has 0 radical (unpaired) electrons. The molecule has 0 spiro atoms. The molecular weight excluding hydrogens is 288 g/mol. The zero-order chi connectivity index (χ0) is 12.8. The van der Waals surface area contributed by atoms with Crippen LogP contribution in [0.25, 0.3) is 0 Å². The number of hydrogen-bond acceptors (Lipinski definition) is 2. The summed E-state index contributed by atoms with van der Waals surface area (Å²) in [5.74, 6) is 0.836. The van der Waals surface area contributed by atoms with Crippen LogP contribution in [0, 0.1) is 5.92 Å². The van der Waals surface area contributed by atoms with Gasteiger partial charge in [-0.2, -0.15) is 0 Å². The van der Waals surface area contributed by atoms with Crippen molar-refractivity contribution in [3.05, 3.63) is 34.3 Å². The highest BCUT2D eigenvalue weighted by atomic mass is 79.9. The first-order valence-corrected chi connectivity index (χ1v) is 7.67. The number of benzene rings is 1. The molecule has 1 aromatic carbocycles. The quantitative estimate of drug-likeness (QED) is 0.899. The van der Waals surface area contributed by atoms with E-state index in [9.17, 15) is 0 Å². The van der Waals surface area contributed by atoms with E-state index in [2.05, 4.69) is 57.5 Å². The molecule has 0 aliphatic carbocycles. The molecule has 1 atom stereocenters. The lowest BCUT2D eigenvalue weighted by atomic mass is 9.99. The van der Waals surface area contributed by atoms with E-state index < -0.39 is 0 Å². The molecule has 3 heteroatoms. The zero-order valence-electron chi connectivity index (χ0n) is 11.2. The highest BCUT2D eigenvalue weighted by Crippen LogP contribution is 2.17. The molecule has 100 valence electrons. The fraction of sp³-hybridized carbons (Fsp3) is 0.600. The van der Waals surface area contributed by atoms with Crippen LogP contribution in [0.3, 0.4) is 0 Å². The molecule has 1 aliphatic rings. The number of piperidine rings is 1. The topological polar surface area (TPSA) is 15.3 Å². The molecule has 1 unspecified atom stereocenters. The predicted octanol–water partition coefficient (Wildman–Crippen LogP) is 2.92. The maximum absolute atomic E-state index is 3.62. The van der Waals surface area contributed by atoms with Crippen LogP contribution in [0.1, 0.15) is 18.4 Å². The molecule has 0 aromatic heterocycles. The van der Waals surface area contributed by atoms with Gasteiger partial charge in [0.05, 0.1) is 0 Å². The Morgan fingerprint density at radius 3 is 2.94 bits per heavy atom. The fourth-order valence-corrected chi connectivity index (χ4v) is 3.11. The van der Waals surface area contributed by atoms with Crippen LogP contribution in [0.15, 0.2) is 28.7 Å². The van der Waals surface area contributed by atoms with Crippen molar-refractivity contribution >= 4 is 15.9 Å². The van der Waals surface area contributed by atoms with Gasteiger partial charge in [0, 0.05) is 17.6 Å². The lowest BCUT2D eigenvalue weighted by molar-refractivity contribution is 0.245. The molecular formula is C15H23BrN2. The number of nitrogens with zero attached hydrogens (tertiary/aromatic N) is 1. The lowest BCUT2D eigenvalue weighted by Gasteiger charge is -2.27. The summed E-state index contributed by atoms with van der Waals surface area (Å²) in [6.45, 7) is 4.76. The predicted molar refractivity (Wildman–Crippen MR) is 80.9 cm³/mol. The van der Waals surface area contributed by atoms with Crippen LogP contribution in [0.4, 0.5) is 0 Å². The Labute approximate surface area is 119 Å². The van der Waals surface area contributed by atoms with Crippen molar-refractivity contribution in [2.24, 2.45) is 5.92 Å². The van der Waals surface area contributed by atoms with E-state index in [0.717, 1.165) is 18.9 Å². The van der Waals surface area contributed by atoms with Gasteiger partial charge in [0.1, 0.15) is 0 Å². The molecule has 1 aromatic rings. The third-order valence-electron chi connectivity index (χ3n) is 3.69. The fourth-order valence-electron chi connectivity index (χ4n) is 2.62. The van der Waals surface area contributed by atoms with Crippen LogP contribution in [-0.4, -0.2) is 38.1 Å². The number of halogens is 1. The average molecular weight is 311 g/mol. The first-order valence-electron chi connectivity index (χ1n) is 6.88. The van der Waals surface area contributed by atoms with Crippen molar-refractivity contribution < 1.29 is 0 Å². The van der Waals surface area contributed by atoms with Gasteiger partial charge in [-0.05, 0) is 56.9 Å². The second-order valence-electron chi connectivity index (χ2n) is 5.32. The normalized spacial score (nSPS) is 20.3. The van der Waals surface area contributed by atoms with Gasteiger partial charge in [-0.3, -0.25) is 0 Å². The second kappa shape index (κ2) is 7.27. The highest BCUT2D eigenvalue weighted by Gasteiger charge is 2.14. The summed E-state index contributed by atoms with van der Waals surface area (Å²) in [7, 11) is 2.24. The monoisotopic (exact) mass is 310 g/mol. The van der Waals surface area contributed by atoms with Crippen LogP contribution >= 0.6 is 15.9 Å². The largest absolute Gasteiger partial charge is 0.316 e. The summed E-state index contributed by atoms with van der Waals surface area (Å²) in [6, 6.07) is 8.52. The number of nitrogens with one attached hydrogen (secondary N) is 1. The maximum atomic E-state index is 3.62. The number of hydrogen-bond donors (Lipinski definition) is 1. The van der Waals surface area contributed by atoms with Gasteiger partial charge >= 0.3 is 0 Å². The Bertz CT molecular complexity index is 361. The lowest BCUT2D eigenvalue weighted by Crippen LogP contribution is -2.37. The third-order valence-corrected chi connectivity index (χ3v) is 4.46. The smallest absolute Gasteiger partial charge is 0.0207 e. The highest BCUT2D eigenvalue weighted by molar-refractivity contribution is 9.10. The summed E-state index contributed by atoms with van der Waals surface area (Å²) in [5, 5.41) is 3.49. The molecule has 1 N–H and O–H groups in total. The van der Waals surface area contributed by atoms with Crippen molar-refractivity contribution in [3.63, 3.8) is 0 Å². The van der Waals surface area contributed by atoms with Gasteiger partial charge < -0.3 is 10.2 Å². The van der Waals surface area contributed by atoms with Gasteiger partial charge in [-0.1, -0.05) is 34.1 Å². The molecule has 0 bridgehead atoms. The van der Waals surface area contributed by atoms with E-state index in [1.54, 1.807) is 0 Å². The molecule has 1 aliphatic heterocycles. The Morgan fingerprint density at radius 2 is 2.22 bits per heavy atom.